The second-order valence-corrected chi connectivity index (χ2v) is 6.68. The highest BCUT2D eigenvalue weighted by Crippen LogP contribution is 2.40. The van der Waals surface area contributed by atoms with Gasteiger partial charge in [-0.05, 0) is 46.8 Å². The lowest BCUT2D eigenvalue weighted by molar-refractivity contribution is 0.132. The van der Waals surface area contributed by atoms with E-state index in [0.717, 1.165) is 11.0 Å². The Bertz CT molecular complexity index is 661. The van der Waals surface area contributed by atoms with Crippen molar-refractivity contribution in [2.24, 2.45) is 5.92 Å². The van der Waals surface area contributed by atoms with E-state index >= 15 is 0 Å². The van der Waals surface area contributed by atoms with E-state index in [4.69, 9.17) is 23.2 Å². The maximum atomic E-state index is 10.2. The smallest absolute Gasteiger partial charge is 0.178 e. The Balaban J connectivity index is 2.11. The average Bonchev–Trinajstić information content (AvgIpc) is 2.90. The summed E-state index contributed by atoms with van der Waals surface area (Å²) in [5.41, 5.74) is 1.56. The van der Waals surface area contributed by atoms with Crippen LogP contribution in [0.15, 0.2) is 16.9 Å². The van der Waals surface area contributed by atoms with E-state index in [1.807, 2.05) is 4.57 Å². The minimum atomic E-state index is -0.504. The lowest BCUT2D eigenvalue weighted by Crippen LogP contribution is -2.18. The zero-order chi connectivity index (χ0) is 14.4. The van der Waals surface area contributed by atoms with E-state index in [-0.39, 0.29) is 18.6 Å². The van der Waals surface area contributed by atoms with Crippen LogP contribution in [0.1, 0.15) is 18.9 Å². The second-order valence-electron chi connectivity index (χ2n) is 5.16. The van der Waals surface area contributed by atoms with Gasteiger partial charge >= 0.3 is 0 Å². The van der Waals surface area contributed by atoms with Crippen molar-refractivity contribution in [1.29, 1.82) is 0 Å². The average molecular weight is 380 g/mol. The van der Waals surface area contributed by atoms with E-state index in [1.165, 1.54) is 0 Å². The molecule has 1 aromatic carbocycles. The summed E-state index contributed by atoms with van der Waals surface area (Å²) in [6.07, 6.45) is 0.798. The molecule has 1 aromatic heterocycles. The zero-order valence-electron chi connectivity index (χ0n) is 10.4. The van der Waals surface area contributed by atoms with Gasteiger partial charge in [0.15, 0.2) is 4.73 Å². The lowest BCUT2D eigenvalue weighted by atomic mass is 10.1. The van der Waals surface area contributed by atoms with Crippen LogP contribution in [0, 0.1) is 5.92 Å². The minimum Gasteiger partial charge on any atom is -0.396 e. The third kappa shape index (κ3) is 2.35. The summed E-state index contributed by atoms with van der Waals surface area (Å²) in [7, 11) is 0. The fraction of sp³-hybridized carbons (Fsp3) is 0.462. The summed E-state index contributed by atoms with van der Waals surface area (Å²) in [4.78, 5) is 4.41. The number of hydrogen-bond donors (Lipinski definition) is 2. The lowest BCUT2D eigenvalue weighted by Gasteiger charge is -2.18. The second kappa shape index (κ2) is 5.46. The normalized spacial score (nSPS) is 26.6. The van der Waals surface area contributed by atoms with Crippen LogP contribution in [0.25, 0.3) is 11.0 Å². The molecule has 0 aliphatic heterocycles. The molecule has 2 aromatic rings. The number of rotatable bonds is 2. The van der Waals surface area contributed by atoms with Gasteiger partial charge in [-0.3, -0.25) is 0 Å². The summed E-state index contributed by atoms with van der Waals surface area (Å²) in [5.74, 6) is 0.113. The van der Waals surface area contributed by atoms with Crippen molar-refractivity contribution in [3.63, 3.8) is 0 Å². The van der Waals surface area contributed by atoms with Crippen LogP contribution in [0.2, 0.25) is 10.0 Å². The Morgan fingerprint density at radius 1 is 1.30 bits per heavy atom. The van der Waals surface area contributed by atoms with Crippen molar-refractivity contribution in [1.82, 2.24) is 9.55 Å². The number of hydrogen-bond acceptors (Lipinski definition) is 3. The van der Waals surface area contributed by atoms with Crippen LogP contribution in [-0.4, -0.2) is 32.5 Å². The standard InChI is InChI=1S/C13H13BrCl2N2O2/c14-13-17-9-3-7(15)8(16)4-10(9)18(13)11-1-6(5-19)2-12(11)20/h3-4,6,11-12,19-20H,1-2,5H2/t6-,11?,12?/m0/s1. The molecular formula is C13H13BrCl2N2O2. The SMILES string of the molecule is OC[C@@H]1CC(O)C(n2c(Br)nc3cc(Cl)c(Cl)cc32)C1. The van der Waals surface area contributed by atoms with Crippen molar-refractivity contribution >= 4 is 50.2 Å². The number of nitrogens with zero attached hydrogens (tertiary/aromatic N) is 2. The molecule has 4 nitrogen and oxygen atoms in total. The van der Waals surface area contributed by atoms with Gasteiger partial charge in [0.2, 0.25) is 0 Å². The highest BCUT2D eigenvalue weighted by Gasteiger charge is 2.35. The number of aromatic nitrogens is 2. The van der Waals surface area contributed by atoms with Gasteiger partial charge in [-0.1, -0.05) is 23.2 Å². The molecule has 108 valence electrons. The van der Waals surface area contributed by atoms with Crippen molar-refractivity contribution in [2.75, 3.05) is 6.61 Å². The quantitative estimate of drug-likeness (QED) is 0.840. The summed E-state index contributed by atoms with van der Waals surface area (Å²) < 4.78 is 2.56. The molecule has 1 aliphatic carbocycles. The largest absolute Gasteiger partial charge is 0.396 e. The number of fused-ring (bicyclic) bond motifs is 1. The molecule has 1 aliphatic rings. The van der Waals surface area contributed by atoms with Crippen molar-refractivity contribution < 1.29 is 10.2 Å². The monoisotopic (exact) mass is 378 g/mol. The topological polar surface area (TPSA) is 58.3 Å². The first-order valence-corrected chi connectivity index (χ1v) is 7.87. The Morgan fingerprint density at radius 3 is 2.65 bits per heavy atom. The first-order valence-electron chi connectivity index (χ1n) is 6.32. The molecule has 0 amide bonds. The van der Waals surface area contributed by atoms with Crippen LogP contribution in [-0.2, 0) is 0 Å². The molecule has 0 bridgehead atoms. The highest BCUT2D eigenvalue weighted by molar-refractivity contribution is 9.10. The van der Waals surface area contributed by atoms with E-state index < -0.39 is 6.10 Å². The summed E-state index contributed by atoms with van der Waals surface area (Å²) in [5, 5.41) is 20.4. The third-order valence-corrected chi connectivity index (χ3v) is 5.15. The highest BCUT2D eigenvalue weighted by atomic mass is 79.9. The predicted octanol–water partition coefficient (Wildman–Crippen LogP) is 3.41. The minimum absolute atomic E-state index is 0.0877. The van der Waals surface area contributed by atoms with Gasteiger partial charge in [0, 0.05) is 6.61 Å². The number of halogens is 3. The van der Waals surface area contributed by atoms with E-state index in [2.05, 4.69) is 20.9 Å². The van der Waals surface area contributed by atoms with Crippen LogP contribution in [0.3, 0.4) is 0 Å². The summed E-state index contributed by atoms with van der Waals surface area (Å²) in [6.45, 7) is 0.0877. The Labute approximate surface area is 134 Å². The molecule has 2 unspecified atom stereocenters. The van der Waals surface area contributed by atoms with E-state index in [1.54, 1.807) is 12.1 Å². The fourth-order valence-corrected chi connectivity index (χ4v) is 3.86. The molecule has 3 atom stereocenters. The Hall–Kier alpha value is -0.330. The van der Waals surface area contributed by atoms with Crippen molar-refractivity contribution in [3.8, 4) is 0 Å². The van der Waals surface area contributed by atoms with Crippen LogP contribution < -0.4 is 0 Å². The maximum Gasteiger partial charge on any atom is 0.178 e. The van der Waals surface area contributed by atoms with Crippen LogP contribution in [0.4, 0.5) is 0 Å². The molecule has 1 heterocycles. The summed E-state index contributed by atoms with van der Waals surface area (Å²) >= 11 is 15.5. The fourth-order valence-electron chi connectivity index (χ4n) is 2.90. The number of aliphatic hydroxyl groups excluding tert-OH is 2. The van der Waals surface area contributed by atoms with Gasteiger partial charge in [-0.15, -0.1) is 0 Å². The van der Waals surface area contributed by atoms with E-state index in [9.17, 15) is 10.2 Å². The summed E-state index contributed by atoms with van der Waals surface area (Å²) in [6, 6.07) is 3.35. The molecule has 3 rings (SSSR count). The van der Waals surface area contributed by atoms with Gasteiger partial charge < -0.3 is 14.8 Å². The number of benzene rings is 1. The van der Waals surface area contributed by atoms with Gasteiger partial charge in [-0.2, -0.15) is 0 Å². The van der Waals surface area contributed by atoms with Gasteiger partial charge in [0.05, 0.1) is 33.2 Å². The van der Waals surface area contributed by atoms with Gasteiger partial charge in [0.1, 0.15) is 0 Å². The third-order valence-electron chi connectivity index (χ3n) is 3.87. The van der Waals surface area contributed by atoms with Crippen LogP contribution in [0.5, 0.6) is 0 Å². The van der Waals surface area contributed by atoms with Crippen molar-refractivity contribution in [2.45, 2.75) is 25.0 Å². The van der Waals surface area contributed by atoms with E-state index in [0.29, 0.717) is 27.6 Å². The van der Waals surface area contributed by atoms with Crippen LogP contribution >= 0.6 is 39.1 Å². The molecule has 0 radical (unpaired) electrons. The molecule has 2 N–H and O–H groups in total. The predicted molar refractivity (Wildman–Crippen MR) is 82.3 cm³/mol. The maximum absolute atomic E-state index is 10.2. The molecule has 20 heavy (non-hydrogen) atoms. The Morgan fingerprint density at radius 2 is 2.00 bits per heavy atom. The molecule has 1 fully saturated rings. The van der Waals surface area contributed by atoms with Gasteiger partial charge in [-0.25, -0.2) is 4.98 Å². The number of imidazole rings is 1. The molecule has 0 spiro atoms. The zero-order valence-corrected chi connectivity index (χ0v) is 13.5. The first-order chi connectivity index (χ1) is 9.51. The number of aliphatic hydroxyl groups is 2. The van der Waals surface area contributed by atoms with Crippen molar-refractivity contribution in [3.05, 3.63) is 26.9 Å². The Kier molecular flexibility index (Phi) is 3.99. The first kappa shape index (κ1) is 14.6. The molecule has 0 saturated heterocycles. The van der Waals surface area contributed by atoms with Gasteiger partial charge in [0.25, 0.3) is 0 Å². The molecular weight excluding hydrogens is 367 g/mol. The molecule has 7 heteroatoms. The molecule has 1 saturated carbocycles.